The molecule has 7 nitrogen and oxygen atoms in total. The maximum Gasteiger partial charge on any atom is 0.416 e. The summed E-state index contributed by atoms with van der Waals surface area (Å²) in [5.74, 6) is -1.19. The first-order chi connectivity index (χ1) is 22.9. The molecule has 5 rings (SSSR count). The molecule has 4 aromatic rings. The zero-order valence-corrected chi connectivity index (χ0v) is 27.5. The highest BCUT2D eigenvalue weighted by atomic mass is 35.5. The van der Waals surface area contributed by atoms with E-state index in [9.17, 15) is 31.2 Å². The number of hydrogen-bond acceptors (Lipinski definition) is 4. The predicted molar refractivity (Wildman–Crippen MR) is 179 cm³/mol. The lowest BCUT2D eigenvalue weighted by Gasteiger charge is -2.34. The summed E-state index contributed by atoms with van der Waals surface area (Å²) in [6.45, 7) is -0.988. The van der Waals surface area contributed by atoms with Crippen LogP contribution in [0.1, 0.15) is 42.4 Å². The van der Waals surface area contributed by atoms with Gasteiger partial charge in [0.25, 0.3) is 10.0 Å². The standard InChI is InChI=1S/C36H35ClF3N3O4S/c37-29-15-9-13-27(21-29)24-42(33(22-26-11-3-1-4-12-26)35(45)41-30-16-7-8-17-30)34(44)25-43(48(46,47)32-19-5-2-6-20-32)31-18-10-14-28(23-31)36(38,39)40/h1-6,9-15,18-21,23,30,33H,7-8,16-17,22,24-25H2,(H,41,45). The number of hydrogen-bond donors (Lipinski definition) is 1. The van der Waals surface area contributed by atoms with Gasteiger partial charge in [0.1, 0.15) is 12.6 Å². The quantitative estimate of drug-likeness (QED) is 0.169. The number of anilines is 1. The van der Waals surface area contributed by atoms with Gasteiger partial charge in [-0.3, -0.25) is 13.9 Å². The molecule has 0 bridgehead atoms. The molecule has 0 radical (unpaired) electrons. The number of benzene rings is 4. The van der Waals surface area contributed by atoms with E-state index in [-0.39, 0.29) is 29.6 Å². The molecular weight excluding hydrogens is 663 g/mol. The molecule has 1 unspecified atom stereocenters. The normalized spacial score (nSPS) is 14.3. The van der Waals surface area contributed by atoms with E-state index in [1.165, 1.54) is 35.2 Å². The van der Waals surface area contributed by atoms with E-state index in [1.807, 2.05) is 30.3 Å². The van der Waals surface area contributed by atoms with Gasteiger partial charge in [-0.1, -0.05) is 91.2 Å². The summed E-state index contributed by atoms with van der Waals surface area (Å²) in [5, 5.41) is 3.48. The fourth-order valence-electron chi connectivity index (χ4n) is 5.84. The Morgan fingerprint density at radius 1 is 0.833 bits per heavy atom. The van der Waals surface area contributed by atoms with Gasteiger partial charge in [0, 0.05) is 24.0 Å². The van der Waals surface area contributed by atoms with Gasteiger partial charge < -0.3 is 10.2 Å². The van der Waals surface area contributed by atoms with Gasteiger partial charge in [0.05, 0.1) is 16.1 Å². The van der Waals surface area contributed by atoms with Crippen LogP contribution in [-0.4, -0.2) is 43.8 Å². The number of halogens is 4. The van der Waals surface area contributed by atoms with Crippen molar-refractivity contribution in [2.24, 2.45) is 0 Å². The largest absolute Gasteiger partial charge is 0.416 e. The van der Waals surface area contributed by atoms with Crippen molar-refractivity contribution in [2.75, 3.05) is 10.8 Å². The molecule has 0 saturated heterocycles. The number of rotatable bonds is 12. The van der Waals surface area contributed by atoms with Gasteiger partial charge in [0.15, 0.2) is 0 Å². The molecule has 2 amide bonds. The Morgan fingerprint density at radius 2 is 1.46 bits per heavy atom. The third-order valence-electron chi connectivity index (χ3n) is 8.29. The van der Waals surface area contributed by atoms with Crippen molar-refractivity contribution in [3.05, 3.63) is 131 Å². The average Bonchev–Trinajstić information content (AvgIpc) is 3.58. The second kappa shape index (κ2) is 15.3. The maximum atomic E-state index is 14.5. The van der Waals surface area contributed by atoms with Crippen LogP contribution in [0.4, 0.5) is 18.9 Å². The minimum Gasteiger partial charge on any atom is -0.352 e. The zero-order chi connectivity index (χ0) is 34.3. The SMILES string of the molecule is O=C(NC1CCCC1)C(Cc1ccccc1)N(Cc1cccc(Cl)c1)C(=O)CN(c1cccc(C(F)(F)F)c1)S(=O)(=O)c1ccccc1. The van der Waals surface area contributed by atoms with Crippen LogP contribution in [-0.2, 0) is 38.8 Å². The van der Waals surface area contributed by atoms with Crippen molar-refractivity contribution < 1.29 is 31.2 Å². The predicted octanol–water partition coefficient (Wildman–Crippen LogP) is 7.25. The van der Waals surface area contributed by atoms with Crippen molar-refractivity contribution in [3.8, 4) is 0 Å². The number of alkyl halides is 3. The van der Waals surface area contributed by atoms with Crippen LogP contribution < -0.4 is 9.62 Å². The van der Waals surface area contributed by atoms with E-state index in [2.05, 4.69) is 5.32 Å². The van der Waals surface area contributed by atoms with E-state index >= 15 is 0 Å². The van der Waals surface area contributed by atoms with Gasteiger partial charge in [-0.2, -0.15) is 13.2 Å². The first kappa shape index (κ1) is 35.0. The molecule has 1 fully saturated rings. The summed E-state index contributed by atoms with van der Waals surface area (Å²) in [4.78, 5) is 29.7. The molecule has 1 saturated carbocycles. The van der Waals surface area contributed by atoms with E-state index in [0.29, 0.717) is 21.0 Å². The second-order valence-electron chi connectivity index (χ2n) is 11.7. The van der Waals surface area contributed by atoms with Crippen molar-refractivity contribution in [1.82, 2.24) is 10.2 Å². The minimum atomic E-state index is -4.76. The smallest absolute Gasteiger partial charge is 0.352 e. The molecule has 0 aromatic heterocycles. The number of carbonyl (C=O) groups is 2. The zero-order valence-electron chi connectivity index (χ0n) is 25.9. The van der Waals surface area contributed by atoms with Gasteiger partial charge in [0.2, 0.25) is 11.8 Å². The third kappa shape index (κ3) is 8.76. The molecule has 0 aliphatic heterocycles. The molecule has 0 spiro atoms. The summed E-state index contributed by atoms with van der Waals surface area (Å²) in [6, 6.07) is 25.7. The summed E-state index contributed by atoms with van der Waals surface area (Å²) in [6.07, 6.45) is -1.14. The summed E-state index contributed by atoms with van der Waals surface area (Å²) in [5.41, 5.74) is -0.0761. The van der Waals surface area contributed by atoms with Crippen LogP contribution in [0, 0.1) is 0 Å². The molecule has 4 aromatic carbocycles. The Morgan fingerprint density at radius 3 is 2.10 bits per heavy atom. The highest BCUT2D eigenvalue weighted by Gasteiger charge is 2.37. The molecule has 12 heteroatoms. The topological polar surface area (TPSA) is 86.8 Å². The Bertz CT molecular complexity index is 1820. The summed E-state index contributed by atoms with van der Waals surface area (Å²) >= 11 is 6.27. The van der Waals surface area contributed by atoms with Crippen LogP contribution in [0.25, 0.3) is 0 Å². The van der Waals surface area contributed by atoms with E-state index in [4.69, 9.17) is 11.6 Å². The van der Waals surface area contributed by atoms with Crippen molar-refractivity contribution in [3.63, 3.8) is 0 Å². The van der Waals surface area contributed by atoms with E-state index < -0.39 is 46.2 Å². The fourth-order valence-corrected chi connectivity index (χ4v) is 7.48. The number of sulfonamides is 1. The van der Waals surface area contributed by atoms with Gasteiger partial charge >= 0.3 is 6.18 Å². The summed E-state index contributed by atoms with van der Waals surface area (Å²) in [7, 11) is -4.55. The number of amides is 2. The highest BCUT2D eigenvalue weighted by molar-refractivity contribution is 7.92. The second-order valence-corrected chi connectivity index (χ2v) is 14.0. The first-order valence-corrected chi connectivity index (χ1v) is 17.4. The maximum absolute atomic E-state index is 14.5. The van der Waals surface area contributed by atoms with Crippen molar-refractivity contribution in [2.45, 2.75) is 61.8 Å². The molecule has 0 heterocycles. The number of carbonyl (C=O) groups excluding carboxylic acids is 2. The Kier molecular flexibility index (Phi) is 11.1. The monoisotopic (exact) mass is 697 g/mol. The van der Waals surface area contributed by atoms with Crippen LogP contribution >= 0.6 is 11.6 Å². The van der Waals surface area contributed by atoms with Crippen molar-refractivity contribution >= 4 is 39.1 Å². The molecule has 1 N–H and O–H groups in total. The van der Waals surface area contributed by atoms with Gasteiger partial charge in [-0.15, -0.1) is 0 Å². The molecule has 252 valence electrons. The molecular formula is C36H35ClF3N3O4S. The molecule has 1 aliphatic rings. The third-order valence-corrected chi connectivity index (χ3v) is 10.3. The average molecular weight is 698 g/mol. The van der Waals surface area contributed by atoms with Gasteiger partial charge in [-0.25, -0.2) is 8.42 Å². The lowest BCUT2D eigenvalue weighted by Crippen LogP contribution is -2.54. The molecule has 48 heavy (non-hydrogen) atoms. The van der Waals surface area contributed by atoms with E-state index in [0.717, 1.165) is 43.4 Å². The molecule has 1 atom stereocenters. The number of nitrogens with one attached hydrogen (secondary N) is 1. The van der Waals surface area contributed by atoms with E-state index in [1.54, 1.807) is 30.3 Å². The summed E-state index contributed by atoms with van der Waals surface area (Å²) < 4.78 is 70.1. The Balaban J connectivity index is 1.59. The Hall–Kier alpha value is -4.35. The lowest BCUT2D eigenvalue weighted by molar-refractivity contribution is -0.140. The Labute approximate surface area is 283 Å². The fraction of sp³-hybridized carbons (Fsp3) is 0.278. The first-order valence-electron chi connectivity index (χ1n) is 15.5. The van der Waals surface area contributed by atoms with Gasteiger partial charge in [-0.05, 0) is 66.4 Å². The van der Waals surface area contributed by atoms with Crippen LogP contribution in [0.15, 0.2) is 114 Å². The minimum absolute atomic E-state index is 0.0704. The van der Waals surface area contributed by atoms with Crippen LogP contribution in [0.2, 0.25) is 5.02 Å². The van der Waals surface area contributed by atoms with Crippen molar-refractivity contribution in [1.29, 1.82) is 0 Å². The van der Waals surface area contributed by atoms with Crippen LogP contribution in [0.3, 0.4) is 0 Å². The molecule has 1 aliphatic carbocycles. The van der Waals surface area contributed by atoms with Crippen LogP contribution in [0.5, 0.6) is 0 Å². The highest BCUT2D eigenvalue weighted by Crippen LogP contribution is 2.33. The lowest BCUT2D eigenvalue weighted by atomic mass is 10.0. The number of nitrogens with zero attached hydrogens (tertiary/aromatic N) is 2.